The van der Waals surface area contributed by atoms with Crippen molar-refractivity contribution >= 4 is 23.3 Å². The van der Waals surface area contributed by atoms with E-state index in [0.29, 0.717) is 18.7 Å². The van der Waals surface area contributed by atoms with Gasteiger partial charge in [0, 0.05) is 18.0 Å². The molecule has 1 aliphatic carbocycles. The molecular weight excluding hydrogens is 412 g/mol. The van der Waals surface area contributed by atoms with Crippen LogP contribution in [0.25, 0.3) is 0 Å². The van der Waals surface area contributed by atoms with Gasteiger partial charge in [0.1, 0.15) is 5.76 Å². The predicted octanol–water partition coefficient (Wildman–Crippen LogP) is 4.01. The van der Waals surface area contributed by atoms with Crippen LogP contribution in [-0.2, 0) is 11.2 Å². The number of carbonyl (C=O) groups excluding carboxylic acids is 2. The summed E-state index contributed by atoms with van der Waals surface area (Å²) in [5, 5.41) is 8.71. The number of nitrogens with one attached hydrogen (secondary N) is 1. The zero-order valence-corrected chi connectivity index (χ0v) is 18.1. The van der Waals surface area contributed by atoms with Crippen LogP contribution >= 0.6 is 11.5 Å². The maximum Gasteiger partial charge on any atom is 0.276 e. The molecule has 1 unspecified atom stereocenters. The summed E-state index contributed by atoms with van der Waals surface area (Å²) < 4.78 is 9.44. The van der Waals surface area contributed by atoms with Crippen LogP contribution in [0, 0.1) is 0 Å². The fourth-order valence-electron chi connectivity index (χ4n) is 4.05. The van der Waals surface area contributed by atoms with Gasteiger partial charge in [-0.3, -0.25) is 9.59 Å². The molecular formula is C23H26N4O3S. The molecule has 1 fully saturated rings. The van der Waals surface area contributed by atoms with Crippen molar-refractivity contribution in [2.75, 3.05) is 6.54 Å². The molecule has 0 radical (unpaired) electrons. The minimum absolute atomic E-state index is 0.130. The molecule has 0 saturated heterocycles. The zero-order valence-electron chi connectivity index (χ0n) is 17.3. The summed E-state index contributed by atoms with van der Waals surface area (Å²) in [6.07, 6.45) is 7.48. The topological polar surface area (TPSA) is 88.3 Å². The second kappa shape index (κ2) is 10.3. The summed E-state index contributed by atoms with van der Waals surface area (Å²) in [4.78, 5) is 28.4. The van der Waals surface area contributed by atoms with E-state index in [1.165, 1.54) is 12.7 Å². The summed E-state index contributed by atoms with van der Waals surface area (Å²) in [7, 11) is 0. The number of amides is 2. The van der Waals surface area contributed by atoms with Gasteiger partial charge in [0.25, 0.3) is 11.8 Å². The first-order valence-electron chi connectivity index (χ1n) is 10.7. The van der Waals surface area contributed by atoms with Crippen molar-refractivity contribution < 1.29 is 14.0 Å². The lowest BCUT2D eigenvalue weighted by Crippen LogP contribution is -2.47. The van der Waals surface area contributed by atoms with Crippen LogP contribution in [-0.4, -0.2) is 38.9 Å². The Kier molecular flexibility index (Phi) is 7.09. The van der Waals surface area contributed by atoms with E-state index in [1.807, 2.05) is 30.3 Å². The van der Waals surface area contributed by atoms with E-state index in [9.17, 15) is 9.59 Å². The SMILES string of the molecule is O=C(NC1CCCCC1)C(c1ccco1)N(CCc1ccccc1)C(=O)c1csnn1. The standard InChI is InChI=1S/C23H26N4O3S/c28-22(24-18-10-5-2-6-11-18)21(20-12-7-15-30-20)27(23(29)19-16-31-26-25-19)14-13-17-8-3-1-4-9-17/h1,3-4,7-9,12,15-16,18,21H,2,5-6,10-11,13-14H2,(H,24,28). The first-order valence-corrected chi connectivity index (χ1v) is 11.5. The summed E-state index contributed by atoms with van der Waals surface area (Å²) in [6.45, 7) is 0.351. The Bertz CT molecular complexity index is 954. The first-order chi connectivity index (χ1) is 15.2. The van der Waals surface area contributed by atoms with Crippen molar-refractivity contribution in [2.45, 2.75) is 50.6 Å². The van der Waals surface area contributed by atoms with E-state index in [4.69, 9.17) is 4.42 Å². The average Bonchev–Trinajstić information content (AvgIpc) is 3.52. The maximum absolute atomic E-state index is 13.4. The Morgan fingerprint density at radius 1 is 1.13 bits per heavy atom. The Morgan fingerprint density at radius 2 is 1.94 bits per heavy atom. The summed E-state index contributed by atoms with van der Waals surface area (Å²) >= 11 is 1.11. The van der Waals surface area contributed by atoms with Gasteiger partial charge in [0.15, 0.2) is 11.7 Å². The highest BCUT2D eigenvalue weighted by atomic mass is 32.1. The third-order valence-corrected chi connectivity index (χ3v) is 6.15. The molecule has 1 N–H and O–H groups in total. The Labute approximate surface area is 185 Å². The number of nitrogens with zero attached hydrogens (tertiary/aromatic N) is 3. The molecule has 0 spiro atoms. The second-order valence-corrected chi connectivity index (χ2v) is 8.40. The van der Waals surface area contributed by atoms with Crippen LogP contribution in [0.4, 0.5) is 0 Å². The highest BCUT2D eigenvalue weighted by Gasteiger charge is 2.35. The Morgan fingerprint density at radius 3 is 2.61 bits per heavy atom. The molecule has 2 heterocycles. The molecule has 162 valence electrons. The van der Waals surface area contributed by atoms with Crippen molar-refractivity contribution in [1.82, 2.24) is 19.8 Å². The number of hydrogen-bond acceptors (Lipinski definition) is 6. The monoisotopic (exact) mass is 438 g/mol. The molecule has 2 amide bonds. The van der Waals surface area contributed by atoms with Gasteiger partial charge in [0.05, 0.1) is 6.26 Å². The van der Waals surface area contributed by atoms with Crippen LogP contribution in [0.5, 0.6) is 0 Å². The lowest BCUT2D eigenvalue weighted by Gasteiger charge is -2.31. The number of aromatic nitrogens is 2. The molecule has 3 aromatic rings. The van der Waals surface area contributed by atoms with E-state index < -0.39 is 6.04 Å². The molecule has 1 aromatic carbocycles. The smallest absolute Gasteiger partial charge is 0.276 e. The van der Waals surface area contributed by atoms with Gasteiger partial charge in [-0.05, 0) is 48.5 Å². The predicted molar refractivity (Wildman–Crippen MR) is 118 cm³/mol. The van der Waals surface area contributed by atoms with E-state index >= 15 is 0 Å². The zero-order chi connectivity index (χ0) is 21.5. The first kappa shape index (κ1) is 21.2. The molecule has 7 nitrogen and oxygen atoms in total. The van der Waals surface area contributed by atoms with E-state index in [1.54, 1.807) is 22.4 Å². The van der Waals surface area contributed by atoms with Gasteiger partial charge in [-0.1, -0.05) is 54.1 Å². The fraction of sp³-hybridized carbons (Fsp3) is 0.391. The van der Waals surface area contributed by atoms with Crippen molar-refractivity contribution in [3.8, 4) is 0 Å². The maximum atomic E-state index is 13.4. The van der Waals surface area contributed by atoms with E-state index in [0.717, 1.165) is 42.8 Å². The number of carbonyl (C=O) groups is 2. The molecule has 2 aromatic heterocycles. The molecule has 8 heteroatoms. The third-order valence-electron chi connectivity index (χ3n) is 5.65. The van der Waals surface area contributed by atoms with Crippen molar-refractivity contribution in [3.05, 3.63) is 71.1 Å². The Balaban J connectivity index is 1.61. The number of hydrogen-bond donors (Lipinski definition) is 1. The minimum Gasteiger partial charge on any atom is -0.467 e. The molecule has 31 heavy (non-hydrogen) atoms. The van der Waals surface area contributed by atoms with Gasteiger partial charge >= 0.3 is 0 Å². The summed E-state index contributed by atoms with van der Waals surface area (Å²) in [5.74, 6) is -0.103. The van der Waals surface area contributed by atoms with Gasteiger partial charge in [-0.2, -0.15) is 0 Å². The number of furan rings is 1. The Hall–Kier alpha value is -3.00. The summed E-state index contributed by atoms with van der Waals surface area (Å²) in [6, 6.07) is 12.6. The van der Waals surface area contributed by atoms with Crippen molar-refractivity contribution in [1.29, 1.82) is 0 Å². The normalized spacial score (nSPS) is 15.4. The number of rotatable bonds is 8. The minimum atomic E-state index is -0.866. The fourth-order valence-corrected chi connectivity index (χ4v) is 4.48. The van der Waals surface area contributed by atoms with Crippen LogP contribution in [0.2, 0.25) is 0 Å². The van der Waals surface area contributed by atoms with E-state index in [2.05, 4.69) is 14.9 Å². The van der Waals surface area contributed by atoms with Gasteiger partial charge < -0.3 is 14.6 Å². The van der Waals surface area contributed by atoms with E-state index in [-0.39, 0.29) is 23.6 Å². The molecule has 4 rings (SSSR count). The van der Waals surface area contributed by atoms with Gasteiger partial charge in [-0.25, -0.2) is 0 Å². The highest BCUT2D eigenvalue weighted by molar-refractivity contribution is 7.03. The summed E-state index contributed by atoms with van der Waals surface area (Å²) in [5.41, 5.74) is 1.32. The molecule has 0 bridgehead atoms. The third kappa shape index (κ3) is 5.38. The van der Waals surface area contributed by atoms with Crippen LogP contribution in [0.1, 0.15) is 60.0 Å². The quantitative estimate of drug-likeness (QED) is 0.574. The molecule has 1 aliphatic rings. The lowest BCUT2D eigenvalue weighted by molar-refractivity contribution is -0.127. The van der Waals surface area contributed by atoms with Crippen LogP contribution in [0.15, 0.2) is 58.5 Å². The lowest BCUT2D eigenvalue weighted by atomic mass is 9.95. The van der Waals surface area contributed by atoms with Gasteiger partial charge in [-0.15, -0.1) is 5.10 Å². The van der Waals surface area contributed by atoms with Crippen LogP contribution < -0.4 is 5.32 Å². The van der Waals surface area contributed by atoms with Crippen LogP contribution in [0.3, 0.4) is 0 Å². The number of benzene rings is 1. The molecule has 1 saturated carbocycles. The van der Waals surface area contributed by atoms with Crippen molar-refractivity contribution in [3.63, 3.8) is 0 Å². The largest absolute Gasteiger partial charge is 0.467 e. The molecule has 1 atom stereocenters. The highest BCUT2D eigenvalue weighted by Crippen LogP contribution is 2.26. The van der Waals surface area contributed by atoms with Crippen molar-refractivity contribution in [2.24, 2.45) is 0 Å². The second-order valence-electron chi connectivity index (χ2n) is 7.79. The average molecular weight is 439 g/mol. The van der Waals surface area contributed by atoms with Gasteiger partial charge in [0.2, 0.25) is 0 Å². The molecule has 0 aliphatic heterocycles.